The summed E-state index contributed by atoms with van der Waals surface area (Å²) in [4.78, 5) is 23.5. The third kappa shape index (κ3) is 4.21. The number of benzene rings is 1. The molecule has 0 bridgehead atoms. The lowest BCUT2D eigenvalue weighted by Crippen LogP contribution is -2.29. The predicted molar refractivity (Wildman–Crippen MR) is 128 cm³/mol. The number of hydrogen-bond donors (Lipinski definition) is 2. The molecule has 1 aromatic carbocycles. The fourth-order valence-electron chi connectivity index (χ4n) is 4.16. The molecule has 32 heavy (non-hydrogen) atoms. The topological polar surface area (TPSA) is 79.5 Å². The van der Waals surface area contributed by atoms with E-state index in [2.05, 4.69) is 46.5 Å². The summed E-state index contributed by atoms with van der Waals surface area (Å²) in [5.41, 5.74) is 5.04. The second kappa shape index (κ2) is 8.90. The van der Waals surface area contributed by atoms with Crippen molar-refractivity contribution in [3.63, 3.8) is 0 Å². The number of ether oxygens (including phenoxy) is 2. The SMILES string of the molecule is COCCO[C@H]1CCN(C(=O)c2cc3nccc(Nc4ccc5[nH]c(C)cc5c4)c3s2)C1. The summed E-state index contributed by atoms with van der Waals surface area (Å²) >= 11 is 1.49. The van der Waals surface area contributed by atoms with E-state index >= 15 is 0 Å². The van der Waals surface area contributed by atoms with Gasteiger partial charge >= 0.3 is 0 Å². The maximum Gasteiger partial charge on any atom is 0.264 e. The lowest BCUT2D eigenvalue weighted by Gasteiger charge is -2.15. The minimum Gasteiger partial charge on any atom is -0.382 e. The maximum atomic E-state index is 13.1. The van der Waals surface area contributed by atoms with E-state index in [1.165, 1.54) is 11.3 Å². The van der Waals surface area contributed by atoms with Crippen LogP contribution in [-0.4, -0.2) is 60.3 Å². The number of H-pyrrole nitrogens is 1. The number of thiophene rings is 1. The van der Waals surface area contributed by atoms with Crippen LogP contribution in [0.3, 0.4) is 0 Å². The second-order valence-corrected chi connectivity index (χ2v) is 9.14. The average molecular weight is 451 g/mol. The number of hydrogen-bond acceptors (Lipinski definition) is 6. The van der Waals surface area contributed by atoms with Gasteiger partial charge in [0.1, 0.15) is 0 Å². The fraction of sp³-hybridized carbons (Fsp3) is 0.333. The minimum absolute atomic E-state index is 0.0426. The van der Waals surface area contributed by atoms with Crippen LogP contribution in [0.1, 0.15) is 21.8 Å². The predicted octanol–water partition coefficient (Wildman–Crippen LogP) is 4.71. The van der Waals surface area contributed by atoms with Gasteiger partial charge < -0.3 is 24.7 Å². The van der Waals surface area contributed by atoms with Crippen LogP contribution in [-0.2, 0) is 9.47 Å². The van der Waals surface area contributed by atoms with Gasteiger partial charge in [0.05, 0.1) is 40.1 Å². The fourth-order valence-corrected chi connectivity index (χ4v) is 5.21. The standard InChI is InChI=1S/C24H26N4O3S/c1-15-11-16-12-17(3-4-19(16)26-15)27-20-5-7-25-21-13-22(32-23(20)21)24(29)28-8-6-18(14-28)31-10-9-30-2/h3-5,7,11-13,18,26H,6,8-10,14H2,1-2H3,(H,25,27)/t18-/m0/s1. The number of carbonyl (C=O) groups excluding carboxylic acids is 1. The molecule has 7 nitrogen and oxygen atoms in total. The van der Waals surface area contributed by atoms with Crippen molar-refractivity contribution in [2.45, 2.75) is 19.4 Å². The van der Waals surface area contributed by atoms with Crippen LogP contribution in [0.4, 0.5) is 11.4 Å². The Hall–Kier alpha value is -2.94. The molecule has 1 fully saturated rings. The molecule has 8 heteroatoms. The van der Waals surface area contributed by atoms with Crippen molar-refractivity contribution < 1.29 is 14.3 Å². The minimum atomic E-state index is 0.0426. The summed E-state index contributed by atoms with van der Waals surface area (Å²) < 4.78 is 11.8. The third-order valence-electron chi connectivity index (χ3n) is 5.73. The number of carbonyl (C=O) groups is 1. The molecular formula is C24H26N4O3S. The van der Waals surface area contributed by atoms with Crippen molar-refractivity contribution in [1.82, 2.24) is 14.9 Å². The summed E-state index contributed by atoms with van der Waals surface area (Å²) in [5.74, 6) is 0.0426. The van der Waals surface area contributed by atoms with Crippen LogP contribution in [0.5, 0.6) is 0 Å². The molecule has 2 N–H and O–H groups in total. The first-order valence-corrected chi connectivity index (χ1v) is 11.6. The summed E-state index contributed by atoms with van der Waals surface area (Å²) in [6, 6.07) is 12.2. The number of aromatic amines is 1. The highest BCUT2D eigenvalue weighted by molar-refractivity contribution is 7.21. The van der Waals surface area contributed by atoms with Gasteiger partial charge in [-0.05, 0) is 49.7 Å². The summed E-state index contributed by atoms with van der Waals surface area (Å²) in [7, 11) is 1.66. The Morgan fingerprint density at radius 3 is 3.06 bits per heavy atom. The molecule has 1 aliphatic heterocycles. The first-order chi connectivity index (χ1) is 15.6. The largest absolute Gasteiger partial charge is 0.382 e. The Morgan fingerprint density at radius 1 is 1.28 bits per heavy atom. The quantitative estimate of drug-likeness (QED) is 0.399. The molecule has 0 aliphatic carbocycles. The molecule has 5 rings (SSSR count). The van der Waals surface area contributed by atoms with Crippen LogP contribution in [0.25, 0.3) is 21.1 Å². The monoisotopic (exact) mass is 450 g/mol. The second-order valence-electron chi connectivity index (χ2n) is 8.09. The molecule has 1 amide bonds. The lowest BCUT2D eigenvalue weighted by atomic mass is 10.2. The van der Waals surface area contributed by atoms with Crippen molar-refractivity contribution >= 4 is 49.7 Å². The number of pyridine rings is 1. The van der Waals surface area contributed by atoms with Gasteiger partial charge in [0.2, 0.25) is 0 Å². The Kier molecular flexibility index (Phi) is 5.82. The van der Waals surface area contributed by atoms with Crippen molar-refractivity contribution in [1.29, 1.82) is 0 Å². The molecule has 1 aliphatic rings. The van der Waals surface area contributed by atoms with Gasteiger partial charge in [-0.2, -0.15) is 0 Å². The van der Waals surface area contributed by atoms with E-state index in [1.54, 1.807) is 13.3 Å². The third-order valence-corrected chi connectivity index (χ3v) is 6.88. The Balaban J connectivity index is 1.34. The number of fused-ring (bicyclic) bond motifs is 2. The normalized spacial score (nSPS) is 16.3. The van der Waals surface area contributed by atoms with E-state index in [9.17, 15) is 4.79 Å². The van der Waals surface area contributed by atoms with E-state index in [1.807, 2.05) is 17.0 Å². The number of likely N-dealkylation sites (tertiary alicyclic amines) is 1. The molecule has 0 radical (unpaired) electrons. The van der Waals surface area contributed by atoms with Crippen LogP contribution in [0, 0.1) is 6.92 Å². The molecule has 4 aromatic rings. The van der Waals surface area contributed by atoms with Gasteiger partial charge in [0.15, 0.2) is 0 Å². The molecule has 0 unspecified atom stereocenters. The van der Waals surface area contributed by atoms with Crippen molar-refractivity contribution in [3.05, 3.63) is 53.2 Å². The number of nitrogens with one attached hydrogen (secondary N) is 2. The molecule has 4 heterocycles. The number of aromatic nitrogens is 2. The lowest BCUT2D eigenvalue weighted by molar-refractivity contribution is 0.0219. The first kappa shape index (κ1) is 20.9. The summed E-state index contributed by atoms with van der Waals surface area (Å²) in [5, 5.41) is 4.67. The van der Waals surface area contributed by atoms with Gasteiger partial charge in [0, 0.05) is 48.7 Å². The molecule has 166 valence electrons. The zero-order valence-corrected chi connectivity index (χ0v) is 19.0. The molecule has 1 atom stereocenters. The smallest absolute Gasteiger partial charge is 0.264 e. The van der Waals surface area contributed by atoms with Gasteiger partial charge in [0.25, 0.3) is 5.91 Å². The molecule has 3 aromatic heterocycles. The van der Waals surface area contributed by atoms with Crippen molar-refractivity contribution in [2.75, 3.05) is 38.7 Å². The number of rotatable bonds is 7. The van der Waals surface area contributed by atoms with Gasteiger partial charge in [-0.25, -0.2) is 0 Å². The maximum absolute atomic E-state index is 13.1. The molecule has 0 spiro atoms. The zero-order valence-electron chi connectivity index (χ0n) is 18.2. The average Bonchev–Trinajstić information content (AvgIpc) is 3.51. The Bertz CT molecular complexity index is 1260. The highest BCUT2D eigenvalue weighted by atomic mass is 32.1. The molecule has 1 saturated heterocycles. The summed E-state index contributed by atoms with van der Waals surface area (Å²) in [6.07, 6.45) is 2.71. The molecular weight excluding hydrogens is 424 g/mol. The van der Waals surface area contributed by atoms with E-state index in [4.69, 9.17) is 9.47 Å². The van der Waals surface area contributed by atoms with Crippen molar-refractivity contribution in [2.24, 2.45) is 0 Å². The van der Waals surface area contributed by atoms with Crippen LogP contribution < -0.4 is 5.32 Å². The Labute approximate surface area is 190 Å². The zero-order chi connectivity index (χ0) is 22.1. The number of amides is 1. The van der Waals surface area contributed by atoms with E-state index in [0.29, 0.717) is 31.2 Å². The summed E-state index contributed by atoms with van der Waals surface area (Å²) in [6.45, 7) is 4.50. The first-order valence-electron chi connectivity index (χ1n) is 10.8. The van der Waals surface area contributed by atoms with Crippen LogP contribution in [0.2, 0.25) is 0 Å². The van der Waals surface area contributed by atoms with E-state index < -0.39 is 0 Å². The van der Waals surface area contributed by atoms with Gasteiger partial charge in [-0.15, -0.1) is 11.3 Å². The van der Waals surface area contributed by atoms with Crippen LogP contribution in [0.15, 0.2) is 42.6 Å². The number of anilines is 2. The molecule has 0 saturated carbocycles. The Morgan fingerprint density at radius 2 is 2.19 bits per heavy atom. The van der Waals surface area contributed by atoms with Crippen molar-refractivity contribution in [3.8, 4) is 0 Å². The highest BCUT2D eigenvalue weighted by Gasteiger charge is 2.28. The highest BCUT2D eigenvalue weighted by Crippen LogP contribution is 2.34. The van der Waals surface area contributed by atoms with E-state index in [-0.39, 0.29) is 12.0 Å². The van der Waals surface area contributed by atoms with Gasteiger partial charge in [-0.1, -0.05) is 0 Å². The van der Waals surface area contributed by atoms with E-state index in [0.717, 1.165) is 44.6 Å². The number of methoxy groups -OCH3 is 1. The number of nitrogens with zero attached hydrogens (tertiary/aromatic N) is 2. The van der Waals surface area contributed by atoms with Crippen LogP contribution >= 0.6 is 11.3 Å². The van der Waals surface area contributed by atoms with Gasteiger partial charge in [-0.3, -0.25) is 9.78 Å². The number of aryl methyl sites for hydroxylation is 1.